The second-order valence-electron chi connectivity index (χ2n) is 7.12. The van der Waals surface area contributed by atoms with Crippen LogP contribution in [-0.2, 0) is 6.54 Å². The lowest BCUT2D eigenvalue weighted by Crippen LogP contribution is -2.35. The molecule has 0 radical (unpaired) electrons. The molecule has 2 aromatic heterocycles. The van der Waals surface area contributed by atoms with Crippen molar-refractivity contribution in [1.29, 1.82) is 0 Å². The molecule has 4 rings (SSSR count). The summed E-state index contributed by atoms with van der Waals surface area (Å²) in [5.41, 5.74) is 1.33. The number of nitrogens with zero attached hydrogens (tertiary/aromatic N) is 5. The number of pyridine rings is 1. The van der Waals surface area contributed by atoms with Gasteiger partial charge in [0.2, 0.25) is 11.8 Å². The zero-order valence-corrected chi connectivity index (χ0v) is 14.4. The van der Waals surface area contributed by atoms with Gasteiger partial charge in [-0.25, -0.2) is 0 Å². The molecule has 2 fully saturated rings. The Kier molecular flexibility index (Phi) is 4.33. The molecule has 2 atom stereocenters. The first-order valence-corrected chi connectivity index (χ1v) is 8.87. The molecule has 2 aromatic rings. The molecule has 1 saturated heterocycles. The van der Waals surface area contributed by atoms with E-state index in [-0.39, 0.29) is 0 Å². The number of rotatable bonds is 6. The van der Waals surface area contributed by atoms with E-state index in [9.17, 15) is 0 Å². The van der Waals surface area contributed by atoms with Crippen molar-refractivity contribution in [3.63, 3.8) is 0 Å². The highest BCUT2D eigenvalue weighted by Gasteiger charge is 2.31. The molecule has 0 amide bonds. The van der Waals surface area contributed by atoms with Crippen LogP contribution in [0.3, 0.4) is 0 Å². The summed E-state index contributed by atoms with van der Waals surface area (Å²) in [6.07, 6.45) is 7.32. The average molecular weight is 327 g/mol. The summed E-state index contributed by atoms with van der Waals surface area (Å²) in [4.78, 5) is 9.01. The van der Waals surface area contributed by atoms with Crippen LogP contribution in [0.5, 0.6) is 0 Å². The van der Waals surface area contributed by atoms with Crippen LogP contribution in [0.1, 0.15) is 55.5 Å². The molecule has 24 heavy (non-hydrogen) atoms. The van der Waals surface area contributed by atoms with Crippen molar-refractivity contribution in [1.82, 2.24) is 25.0 Å². The van der Waals surface area contributed by atoms with Gasteiger partial charge in [0.25, 0.3) is 0 Å². The smallest absolute Gasteiger partial charge is 0.230 e. The summed E-state index contributed by atoms with van der Waals surface area (Å²) in [6.45, 7) is 5.21. The Morgan fingerprint density at radius 3 is 2.79 bits per heavy atom. The molecule has 1 saturated carbocycles. The molecule has 2 aliphatic rings. The SMILES string of the molecule is C[C@@H](c1ccncc1)N1CC[C@H](N(C)Cc2nnc(C3CC3)o2)C1. The first-order chi connectivity index (χ1) is 11.7. The molecule has 0 spiro atoms. The van der Waals surface area contributed by atoms with Crippen LogP contribution in [0, 0.1) is 0 Å². The van der Waals surface area contributed by atoms with Crippen molar-refractivity contribution in [2.75, 3.05) is 20.1 Å². The maximum absolute atomic E-state index is 5.80. The van der Waals surface area contributed by atoms with Gasteiger partial charge in [0.1, 0.15) is 0 Å². The fourth-order valence-corrected chi connectivity index (χ4v) is 3.50. The molecule has 0 N–H and O–H groups in total. The van der Waals surface area contributed by atoms with Crippen molar-refractivity contribution in [3.05, 3.63) is 41.9 Å². The fourth-order valence-electron chi connectivity index (χ4n) is 3.50. The largest absolute Gasteiger partial charge is 0.424 e. The molecule has 3 heterocycles. The van der Waals surface area contributed by atoms with Gasteiger partial charge in [0.05, 0.1) is 6.54 Å². The molecule has 0 aromatic carbocycles. The Balaban J connectivity index is 1.33. The lowest BCUT2D eigenvalue weighted by atomic mass is 10.1. The quantitative estimate of drug-likeness (QED) is 0.813. The Morgan fingerprint density at radius 1 is 1.25 bits per heavy atom. The molecule has 1 aliphatic heterocycles. The first kappa shape index (κ1) is 15.7. The number of likely N-dealkylation sites (N-methyl/N-ethyl adjacent to an activating group) is 1. The highest BCUT2D eigenvalue weighted by atomic mass is 16.4. The van der Waals surface area contributed by atoms with Crippen LogP contribution >= 0.6 is 0 Å². The van der Waals surface area contributed by atoms with Gasteiger partial charge in [-0.3, -0.25) is 14.8 Å². The summed E-state index contributed by atoms with van der Waals surface area (Å²) in [5, 5.41) is 8.39. The number of hydrogen-bond acceptors (Lipinski definition) is 6. The lowest BCUT2D eigenvalue weighted by molar-refractivity contribution is 0.190. The van der Waals surface area contributed by atoms with Gasteiger partial charge in [0, 0.05) is 43.5 Å². The summed E-state index contributed by atoms with van der Waals surface area (Å²) >= 11 is 0. The number of aromatic nitrogens is 3. The summed E-state index contributed by atoms with van der Waals surface area (Å²) < 4.78 is 5.80. The van der Waals surface area contributed by atoms with E-state index in [0.717, 1.165) is 31.4 Å². The predicted octanol–water partition coefficient (Wildman–Crippen LogP) is 2.61. The van der Waals surface area contributed by atoms with Crippen molar-refractivity contribution in [2.24, 2.45) is 0 Å². The minimum atomic E-state index is 0.427. The first-order valence-electron chi connectivity index (χ1n) is 8.87. The third-order valence-corrected chi connectivity index (χ3v) is 5.35. The van der Waals surface area contributed by atoms with Crippen LogP contribution in [0.2, 0.25) is 0 Å². The van der Waals surface area contributed by atoms with Gasteiger partial charge in [0.15, 0.2) is 0 Å². The maximum atomic E-state index is 5.80. The third-order valence-electron chi connectivity index (χ3n) is 5.35. The molecule has 0 bridgehead atoms. The minimum Gasteiger partial charge on any atom is -0.424 e. The Hall–Kier alpha value is -1.79. The normalized spacial score (nSPS) is 23.0. The second kappa shape index (κ2) is 6.61. The Labute approximate surface area is 142 Å². The minimum absolute atomic E-state index is 0.427. The average Bonchev–Trinajstić information content (AvgIpc) is 3.16. The predicted molar refractivity (Wildman–Crippen MR) is 90.4 cm³/mol. The Bertz CT molecular complexity index is 669. The van der Waals surface area contributed by atoms with E-state index in [1.165, 1.54) is 24.8 Å². The molecule has 128 valence electrons. The summed E-state index contributed by atoms with van der Waals surface area (Å²) in [6, 6.07) is 5.18. The summed E-state index contributed by atoms with van der Waals surface area (Å²) in [5.74, 6) is 2.11. The third kappa shape index (κ3) is 3.35. The topological polar surface area (TPSA) is 58.3 Å². The van der Waals surface area contributed by atoms with Gasteiger partial charge in [-0.15, -0.1) is 10.2 Å². The second-order valence-corrected chi connectivity index (χ2v) is 7.12. The van der Waals surface area contributed by atoms with E-state index in [1.54, 1.807) is 0 Å². The highest BCUT2D eigenvalue weighted by molar-refractivity contribution is 5.15. The fraction of sp³-hybridized carbons (Fsp3) is 0.611. The van der Waals surface area contributed by atoms with Gasteiger partial charge in [-0.2, -0.15) is 0 Å². The van der Waals surface area contributed by atoms with E-state index in [4.69, 9.17) is 4.42 Å². The number of hydrogen-bond donors (Lipinski definition) is 0. The van der Waals surface area contributed by atoms with Crippen molar-refractivity contribution < 1.29 is 4.42 Å². The van der Waals surface area contributed by atoms with Gasteiger partial charge in [-0.1, -0.05) is 0 Å². The van der Waals surface area contributed by atoms with Crippen molar-refractivity contribution in [3.8, 4) is 0 Å². The molecule has 6 nitrogen and oxygen atoms in total. The van der Waals surface area contributed by atoms with E-state index >= 15 is 0 Å². The molecular weight excluding hydrogens is 302 g/mol. The van der Waals surface area contributed by atoms with Crippen LogP contribution in [0.15, 0.2) is 28.9 Å². The summed E-state index contributed by atoms with van der Waals surface area (Å²) in [7, 11) is 2.16. The molecule has 6 heteroatoms. The van der Waals surface area contributed by atoms with Crippen LogP contribution in [-0.4, -0.2) is 51.2 Å². The molecule has 0 unspecified atom stereocenters. The zero-order chi connectivity index (χ0) is 16.5. The number of likely N-dealkylation sites (tertiary alicyclic amines) is 1. The van der Waals surface area contributed by atoms with E-state index in [1.807, 2.05) is 12.4 Å². The van der Waals surface area contributed by atoms with Crippen LogP contribution in [0.25, 0.3) is 0 Å². The van der Waals surface area contributed by atoms with Gasteiger partial charge >= 0.3 is 0 Å². The van der Waals surface area contributed by atoms with Crippen LogP contribution in [0.4, 0.5) is 0 Å². The van der Waals surface area contributed by atoms with E-state index in [0.29, 0.717) is 18.0 Å². The monoisotopic (exact) mass is 327 g/mol. The lowest BCUT2D eigenvalue weighted by Gasteiger charge is -2.27. The van der Waals surface area contributed by atoms with Crippen molar-refractivity contribution in [2.45, 2.75) is 50.7 Å². The molecular formula is C18H25N5O. The van der Waals surface area contributed by atoms with Gasteiger partial charge < -0.3 is 4.42 Å². The van der Waals surface area contributed by atoms with Crippen LogP contribution < -0.4 is 0 Å². The highest BCUT2D eigenvalue weighted by Crippen LogP contribution is 2.39. The van der Waals surface area contributed by atoms with E-state index in [2.05, 4.69) is 51.1 Å². The molecule has 1 aliphatic carbocycles. The standard InChI is InChI=1S/C18H25N5O/c1-13(14-5-8-19-9-6-14)23-10-7-16(11-23)22(2)12-17-20-21-18(24-17)15-3-4-15/h5-6,8-9,13,15-16H,3-4,7,10-12H2,1-2H3/t13-,16-/m0/s1. The van der Waals surface area contributed by atoms with Crippen molar-refractivity contribution >= 4 is 0 Å². The maximum Gasteiger partial charge on any atom is 0.230 e. The zero-order valence-electron chi connectivity index (χ0n) is 14.4. The van der Waals surface area contributed by atoms with E-state index < -0.39 is 0 Å². The Morgan fingerprint density at radius 2 is 2.04 bits per heavy atom. The van der Waals surface area contributed by atoms with Gasteiger partial charge in [-0.05, 0) is 50.9 Å².